The van der Waals surface area contributed by atoms with Gasteiger partial charge in [-0.25, -0.2) is 0 Å². The second-order valence-corrected chi connectivity index (χ2v) is 5.19. The Morgan fingerprint density at radius 1 is 1.57 bits per heavy atom. The first-order valence-electron chi connectivity index (χ1n) is 6.63. The van der Waals surface area contributed by atoms with Crippen LogP contribution in [-0.2, 0) is 4.74 Å². The van der Waals surface area contributed by atoms with E-state index >= 15 is 0 Å². The lowest BCUT2D eigenvalue weighted by Crippen LogP contribution is -2.40. The Labute approximate surface area is 121 Å². The monoisotopic (exact) mass is 294 g/mol. The number of nitrogens with zero attached hydrogens (tertiary/aromatic N) is 1. The summed E-state index contributed by atoms with van der Waals surface area (Å²) in [4.78, 5) is 22.7. The number of carbonyl (C=O) groups excluding carboxylic acids is 1. The van der Waals surface area contributed by atoms with Crippen LogP contribution in [0.2, 0.25) is 0 Å². The average Bonchev–Trinajstić information content (AvgIpc) is 2.91. The van der Waals surface area contributed by atoms with Crippen molar-refractivity contribution < 1.29 is 14.5 Å². The molecule has 1 unspecified atom stereocenters. The Hall–Kier alpha value is -2.19. The average molecular weight is 294 g/mol. The number of hydrogen-bond donors (Lipinski definition) is 3. The van der Waals surface area contributed by atoms with Gasteiger partial charge >= 0.3 is 5.69 Å². The van der Waals surface area contributed by atoms with Crippen LogP contribution in [0.1, 0.15) is 30.1 Å². The van der Waals surface area contributed by atoms with Gasteiger partial charge in [0, 0.05) is 13.2 Å². The minimum absolute atomic E-state index is 0.0305. The van der Waals surface area contributed by atoms with E-state index in [1.807, 2.05) is 6.92 Å². The highest BCUT2D eigenvalue weighted by molar-refractivity contribution is 6.00. The summed E-state index contributed by atoms with van der Waals surface area (Å²) in [5.41, 5.74) is 1.55. The number of nitrogen functional groups attached to an aromatic ring is 1. The second kappa shape index (κ2) is 6.06. The minimum Gasteiger partial charge on any atom is -0.373 e. The number of benzene rings is 1. The SMILES string of the molecule is CC1(CNC(=O)c2cccc(NN)c2[N+](=O)[O-])CCCO1. The number of para-hydroxylation sites is 1. The molecule has 114 valence electrons. The highest BCUT2D eigenvalue weighted by Gasteiger charge is 2.31. The van der Waals surface area contributed by atoms with E-state index in [4.69, 9.17) is 10.6 Å². The second-order valence-electron chi connectivity index (χ2n) is 5.19. The first-order valence-corrected chi connectivity index (χ1v) is 6.63. The number of anilines is 1. The highest BCUT2D eigenvalue weighted by atomic mass is 16.6. The van der Waals surface area contributed by atoms with Crippen molar-refractivity contribution >= 4 is 17.3 Å². The van der Waals surface area contributed by atoms with Crippen LogP contribution in [0.5, 0.6) is 0 Å². The summed E-state index contributed by atoms with van der Waals surface area (Å²) in [6.45, 7) is 2.88. The molecule has 21 heavy (non-hydrogen) atoms. The van der Waals surface area contributed by atoms with Gasteiger partial charge in [0.25, 0.3) is 5.91 Å². The Balaban J connectivity index is 2.17. The van der Waals surface area contributed by atoms with Crippen LogP contribution < -0.4 is 16.6 Å². The molecule has 1 aromatic rings. The van der Waals surface area contributed by atoms with Crippen molar-refractivity contribution in [3.63, 3.8) is 0 Å². The Morgan fingerprint density at radius 3 is 2.90 bits per heavy atom. The van der Waals surface area contributed by atoms with Gasteiger partial charge in [-0.05, 0) is 31.9 Å². The maximum Gasteiger partial charge on any atom is 0.306 e. The first kappa shape index (κ1) is 15.2. The maximum atomic E-state index is 12.2. The molecule has 1 amide bonds. The van der Waals surface area contributed by atoms with E-state index in [1.54, 1.807) is 0 Å². The molecular formula is C13H18N4O4. The van der Waals surface area contributed by atoms with Gasteiger partial charge in [0.15, 0.2) is 0 Å². The van der Waals surface area contributed by atoms with Crippen molar-refractivity contribution in [1.82, 2.24) is 5.32 Å². The lowest BCUT2D eigenvalue weighted by atomic mass is 10.0. The Bertz CT molecular complexity index is 555. The minimum atomic E-state index is -0.627. The molecule has 1 atom stereocenters. The molecule has 1 aliphatic heterocycles. The molecule has 0 radical (unpaired) electrons. The number of nitrogens with one attached hydrogen (secondary N) is 2. The molecule has 8 nitrogen and oxygen atoms in total. The summed E-state index contributed by atoms with van der Waals surface area (Å²) in [5.74, 6) is 4.73. The molecule has 0 aromatic heterocycles. The topological polar surface area (TPSA) is 120 Å². The number of rotatable bonds is 5. The normalized spacial score (nSPS) is 21.0. The predicted octanol–water partition coefficient (Wildman–Crippen LogP) is 1.18. The zero-order valence-electron chi connectivity index (χ0n) is 11.7. The third-order valence-corrected chi connectivity index (χ3v) is 3.54. The van der Waals surface area contributed by atoms with Crippen LogP contribution in [0.3, 0.4) is 0 Å². The molecule has 8 heteroatoms. The molecule has 0 bridgehead atoms. The summed E-state index contributed by atoms with van der Waals surface area (Å²) in [5, 5.41) is 13.8. The summed E-state index contributed by atoms with van der Waals surface area (Å²) in [7, 11) is 0. The largest absolute Gasteiger partial charge is 0.373 e. The molecule has 1 aromatic carbocycles. The first-order chi connectivity index (χ1) is 9.97. The fraction of sp³-hybridized carbons (Fsp3) is 0.462. The van der Waals surface area contributed by atoms with Gasteiger partial charge in [-0.1, -0.05) is 6.07 Å². The molecule has 0 spiro atoms. The lowest BCUT2D eigenvalue weighted by Gasteiger charge is -2.23. The Kier molecular flexibility index (Phi) is 4.39. The van der Waals surface area contributed by atoms with E-state index < -0.39 is 16.4 Å². The van der Waals surface area contributed by atoms with Crippen molar-refractivity contribution in [2.24, 2.45) is 5.84 Å². The maximum absolute atomic E-state index is 12.2. The van der Waals surface area contributed by atoms with E-state index in [1.165, 1.54) is 18.2 Å². The summed E-state index contributed by atoms with van der Waals surface area (Å²) in [6, 6.07) is 4.37. The predicted molar refractivity (Wildman–Crippen MR) is 76.8 cm³/mol. The van der Waals surface area contributed by atoms with Gasteiger partial charge in [-0.3, -0.25) is 20.8 Å². The number of nitrogens with two attached hydrogens (primary N) is 1. The summed E-state index contributed by atoms with van der Waals surface area (Å²) >= 11 is 0. The van der Waals surface area contributed by atoms with Crippen molar-refractivity contribution in [2.45, 2.75) is 25.4 Å². The van der Waals surface area contributed by atoms with Gasteiger partial charge in [0.1, 0.15) is 11.3 Å². The molecular weight excluding hydrogens is 276 g/mol. The fourth-order valence-electron chi connectivity index (χ4n) is 2.38. The van der Waals surface area contributed by atoms with Crippen molar-refractivity contribution in [3.8, 4) is 0 Å². The number of amides is 1. The zero-order chi connectivity index (χ0) is 15.5. The standard InChI is InChI=1S/C13H18N4O4/c1-13(6-3-7-21-13)8-15-12(18)9-4-2-5-10(16-14)11(9)17(19)20/h2,4-5,16H,3,6-8,14H2,1H3,(H,15,18). The molecule has 1 aliphatic rings. The van der Waals surface area contributed by atoms with Gasteiger partial charge in [0.05, 0.1) is 10.5 Å². The van der Waals surface area contributed by atoms with E-state index in [0.717, 1.165) is 12.8 Å². The third-order valence-electron chi connectivity index (χ3n) is 3.54. The van der Waals surface area contributed by atoms with Crippen LogP contribution in [-0.4, -0.2) is 29.6 Å². The zero-order valence-corrected chi connectivity index (χ0v) is 11.7. The summed E-state index contributed by atoms with van der Waals surface area (Å²) < 4.78 is 5.57. The molecule has 0 saturated carbocycles. The van der Waals surface area contributed by atoms with Crippen LogP contribution in [0.25, 0.3) is 0 Å². The number of ether oxygens (including phenoxy) is 1. The number of nitro groups is 1. The number of nitro benzene ring substituents is 1. The van der Waals surface area contributed by atoms with Gasteiger partial charge in [-0.2, -0.15) is 0 Å². The smallest absolute Gasteiger partial charge is 0.306 e. The van der Waals surface area contributed by atoms with E-state index in [-0.39, 0.29) is 16.9 Å². The van der Waals surface area contributed by atoms with Gasteiger partial charge in [0.2, 0.25) is 0 Å². The molecule has 1 saturated heterocycles. The van der Waals surface area contributed by atoms with Crippen LogP contribution in [0, 0.1) is 10.1 Å². The van der Waals surface area contributed by atoms with Gasteiger partial charge < -0.3 is 15.5 Å². The fourth-order valence-corrected chi connectivity index (χ4v) is 2.38. The quantitative estimate of drug-likeness (QED) is 0.426. The summed E-state index contributed by atoms with van der Waals surface area (Å²) in [6.07, 6.45) is 1.79. The third kappa shape index (κ3) is 3.29. The van der Waals surface area contributed by atoms with Crippen LogP contribution >= 0.6 is 0 Å². The molecule has 4 N–H and O–H groups in total. The number of hydrazine groups is 1. The molecule has 1 fully saturated rings. The molecule has 0 aliphatic carbocycles. The Morgan fingerprint density at radius 2 is 2.33 bits per heavy atom. The van der Waals surface area contributed by atoms with Crippen molar-refractivity contribution in [3.05, 3.63) is 33.9 Å². The van der Waals surface area contributed by atoms with Gasteiger partial charge in [-0.15, -0.1) is 0 Å². The van der Waals surface area contributed by atoms with Crippen LogP contribution in [0.15, 0.2) is 18.2 Å². The van der Waals surface area contributed by atoms with Crippen LogP contribution in [0.4, 0.5) is 11.4 Å². The van der Waals surface area contributed by atoms with Crippen molar-refractivity contribution in [1.29, 1.82) is 0 Å². The molecule has 2 rings (SSSR count). The highest BCUT2D eigenvalue weighted by Crippen LogP contribution is 2.28. The van der Waals surface area contributed by atoms with E-state index in [9.17, 15) is 14.9 Å². The lowest BCUT2D eigenvalue weighted by molar-refractivity contribution is -0.384. The number of carbonyl (C=O) groups is 1. The van der Waals surface area contributed by atoms with Crippen molar-refractivity contribution in [2.75, 3.05) is 18.6 Å². The number of hydrogen-bond acceptors (Lipinski definition) is 6. The molecule has 1 heterocycles. The van der Waals surface area contributed by atoms with E-state index in [2.05, 4.69) is 10.7 Å². The van der Waals surface area contributed by atoms with E-state index in [0.29, 0.717) is 13.2 Å².